The van der Waals surface area contributed by atoms with Crippen molar-refractivity contribution >= 4 is 17.8 Å². The molecular formula is C19H25F2N3O3. The molecule has 0 spiro atoms. The lowest BCUT2D eigenvalue weighted by Gasteiger charge is -2.23. The molecular weight excluding hydrogens is 356 g/mol. The summed E-state index contributed by atoms with van der Waals surface area (Å²) in [6.07, 6.45) is 3.90. The summed E-state index contributed by atoms with van der Waals surface area (Å²) >= 11 is 0. The van der Waals surface area contributed by atoms with E-state index in [1.54, 1.807) is 0 Å². The van der Waals surface area contributed by atoms with Crippen LogP contribution in [0.4, 0.5) is 13.6 Å². The van der Waals surface area contributed by atoms with Gasteiger partial charge in [-0.25, -0.2) is 13.6 Å². The van der Waals surface area contributed by atoms with Crippen LogP contribution in [0, 0.1) is 11.6 Å². The molecule has 6 nitrogen and oxygen atoms in total. The lowest BCUT2D eigenvalue weighted by atomic mass is 9.91. The Labute approximate surface area is 157 Å². The Kier molecular flexibility index (Phi) is 6.51. The summed E-state index contributed by atoms with van der Waals surface area (Å²) in [5.41, 5.74) is -2.05. The predicted molar refractivity (Wildman–Crippen MR) is 95.7 cm³/mol. The Morgan fingerprint density at radius 2 is 2.00 bits per heavy atom. The van der Waals surface area contributed by atoms with E-state index >= 15 is 0 Å². The van der Waals surface area contributed by atoms with Crippen molar-refractivity contribution in [3.63, 3.8) is 0 Å². The van der Waals surface area contributed by atoms with Crippen molar-refractivity contribution in [2.45, 2.75) is 58.0 Å². The van der Waals surface area contributed by atoms with Crippen molar-refractivity contribution in [3.05, 3.63) is 35.4 Å². The minimum atomic E-state index is -1.77. The minimum absolute atomic E-state index is 0.0862. The van der Waals surface area contributed by atoms with E-state index in [0.717, 1.165) is 48.8 Å². The zero-order valence-corrected chi connectivity index (χ0v) is 15.8. The number of nitrogens with zero attached hydrogens (tertiary/aromatic N) is 1. The minimum Gasteiger partial charge on any atom is -0.352 e. The van der Waals surface area contributed by atoms with Gasteiger partial charge in [0.05, 0.1) is 0 Å². The van der Waals surface area contributed by atoms with Gasteiger partial charge in [-0.2, -0.15) is 0 Å². The van der Waals surface area contributed by atoms with Gasteiger partial charge >= 0.3 is 6.03 Å². The number of benzene rings is 1. The Balaban J connectivity index is 2.07. The van der Waals surface area contributed by atoms with Gasteiger partial charge in [-0.1, -0.05) is 26.2 Å². The number of hydrogen-bond donors (Lipinski definition) is 2. The molecule has 2 N–H and O–H groups in total. The number of unbranched alkanes of at least 4 members (excludes halogenated alkanes) is 2. The molecule has 148 valence electrons. The van der Waals surface area contributed by atoms with Crippen LogP contribution in [0.2, 0.25) is 0 Å². The van der Waals surface area contributed by atoms with Crippen LogP contribution in [0.15, 0.2) is 18.2 Å². The number of imide groups is 1. The number of carbonyl (C=O) groups is 3. The van der Waals surface area contributed by atoms with Crippen LogP contribution in [0.25, 0.3) is 0 Å². The molecule has 1 aromatic carbocycles. The van der Waals surface area contributed by atoms with Crippen LogP contribution < -0.4 is 10.6 Å². The van der Waals surface area contributed by atoms with Crippen LogP contribution in [-0.4, -0.2) is 35.3 Å². The number of carbonyl (C=O) groups excluding carboxylic acids is 3. The maximum absolute atomic E-state index is 14.1. The first-order valence-electron chi connectivity index (χ1n) is 9.08. The Morgan fingerprint density at radius 1 is 1.30 bits per heavy atom. The van der Waals surface area contributed by atoms with Crippen LogP contribution in [-0.2, 0) is 15.1 Å². The Hall–Kier alpha value is -2.51. The third kappa shape index (κ3) is 4.61. The topological polar surface area (TPSA) is 78.5 Å². The first kappa shape index (κ1) is 20.8. The van der Waals surface area contributed by atoms with Crippen molar-refractivity contribution in [2.75, 3.05) is 6.54 Å². The van der Waals surface area contributed by atoms with Gasteiger partial charge in [0, 0.05) is 11.6 Å². The summed E-state index contributed by atoms with van der Waals surface area (Å²) in [6, 6.07) is 1.78. The number of urea groups is 1. The molecule has 0 aliphatic carbocycles. The highest BCUT2D eigenvalue weighted by Crippen LogP contribution is 2.31. The third-order valence-corrected chi connectivity index (χ3v) is 4.69. The number of amides is 4. The van der Waals surface area contributed by atoms with Gasteiger partial charge in [0.1, 0.15) is 23.7 Å². The smallest absolute Gasteiger partial charge is 0.325 e. The second-order valence-corrected chi connectivity index (χ2v) is 7.03. The Bertz CT molecular complexity index is 741. The molecule has 0 radical (unpaired) electrons. The summed E-state index contributed by atoms with van der Waals surface area (Å²) < 4.78 is 27.6. The van der Waals surface area contributed by atoms with Crippen LogP contribution in [0.5, 0.6) is 0 Å². The average Bonchev–Trinajstić information content (AvgIpc) is 2.81. The molecule has 1 aliphatic rings. The fraction of sp³-hybridized carbons (Fsp3) is 0.526. The van der Waals surface area contributed by atoms with E-state index in [-0.39, 0.29) is 11.6 Å². The van der Waals surface area contributed by atoms with Gasteiger partial charge in [-0.05, 0) is 38.5 Å². The molecule has 1 heterocycles. The van der Waals surface area contributed by atoms with Crippen LogP contribution in [0.3, 0.4) is 0 Å². The summed E-state index contributed by atoms with van der Waals surface area (Å²) in [5, 5.41) is 5.11. The molecule has 4 amide bonds. The van der Waals surface area contributed by atoms with Crippen molar-refractivity contribution in [1.82, 2.24) is 15.5 Å². The summed E-state index contributed by atoms with van der Waals surface area (Å²) in [7, 11) is 0. The van der Waals surface area contributed by atoms with E-state index in [1.165, 1.54) is 6.92 Å². The number of hydrogen-bond acceptors (Lipinski definition) is 3. The van der Waals surface area contributed by atoms with Crippen LogP contribution >= 0.6 is 0 Å². The molecule has 1 fully saturated rings. The van der Waals surface area contributed by atoms with E-state index in [4.69, 9.17) is 0 Å². The SMILES string of the molecule is CCCCC[C@H](C)NC(=O)CN1C(=O)N[C@@](C)(c2cc(F)ccc2F)C1=O. The summed E-state index contributed by atoms with van der Waals surface area (Å²) in [4.78, 5) is 37.8. The molecule has 2 rings (SSSR count). The summed E-state index contributed by atoms with van der Waals surface area (Å²) in [5.74, 6) is -2.83. The summed E-state index contributed by atoms with van der Waals surface area (Å²) in [6.45, 7) is 4.75. The fourth-order valence-electron chi connectivity index (χ4n) is 3.14. The van der Waals surface area contributed by atoms with Gasteiger partial charge < -0.3 is 10.6 Å². The van der Waals surface area contributed by atoms with Crippen molar-refractivity contribution in [1.29, 1.82) is 0 Å². The maximum atomic E-state index is 14.1. The van der Waals surface area contributed by atoms with Crippen molar-refractivity contribution in [3.8, 4) is 0 Å². The highest BCUT2D eigenvalue weighted by atomic mass is 19.1. The normalized spacial score (nSPS) is 20.6. The second-order valence-electron chi connectivity index (χ2n) is 7.03. The number of rotatable bonds is 8. The number of halogens is 2. The largest absolute Gasteiger partial charge is 0.352 e. The molecule has 1 aromatic rings. The first-order valence-corrected chi connectivity index (χ1v) is 9.08. The van der Waals surface area contributed by atoms with Gasteiger partial charge in [-0.15, -0.1) is 0 Å². The molecule has 0 bridgehead atoms. The molecule has 0 aromatic heterocycles. The quantitative estimate of drug-likeness (QED) is 0.537. The van der Waals surface area contributed by atoms with E-state index in [2.05, 4.69) is 17.6 Å². The van der Waals surface area contributed by atoms with E-state index in [9.17, 15) is 23.2 Å². The lowest BCUT2D eigenvalue weighted by Crippen LogP contribution is -2.45. The molecule has 0 saturated carbocycles. The van der Waals surface area contributed by atoms with E-state index in [0.29, 0.717) is 0 Å². The molecule has 2 atom stereocenters. The third-order valence-electron chi connectivity index (χ3n) is 4.69. The van der Waals surface area contributed by atoms with E-state index in [1.807, 2.05) is 6.92 Å². The van der Waals surface area contributed by atoms with Gasteiger partial charge in [-0.3, -0.25) is 14.5 Å². The molecule has 8 heteroatoms. The maximum Gasteiger partial charge on any atom is 0.325 e. The van der Waals surface area contributed by atoms with Gasteiger partial charge in [0.2, 0.25) is 5.91 Å². The molecule has 27 heavy (non-hydrogen) atoms. The number of nitrogens with one attached hydrogen (secondary N) is 2. The molecule has 1 aliphatic heterocycles. The second kappa shape index (κ2) is 8.45. The van der Waals surface area contributed by atoms with Crippen molar-refractivity contribution < 1.29 is 23.2 Å². The monoisotopic (exact) mass is 381 g/mol. The standard InChI is InChI=1S/C19H25F2N3O3/c1-4-5-6-7-12(2)22-16(25)11-24-17(26)19(3,23-18(24)27)14-10-13(20)8-9-15(14)21/h8-10,12H,4-7,11H2,1-3H3,(H,22,25)(H,23,27)/t12-,19-/m0/s1. The zero-order valence-electron chi connectivity index (χ0n) is 15.8. The fourth-order valence-corrected chi connectivity index (χ4v) is 3.14. The highest BCUT2D eigenvalue weighted by Gasteiger charge is 2.50. The molecule has 1 saturated heterocycles. The highest BCUT2D eigenvalue weighted by molar-refractivity contribution is 6.09. The lowest BCUT2D eigenvalue weighted by molar-refractivity contribution is -0.135. The zero-order chi connectivity index (χ0) is 20.2. The van der Waals surface area contributed by atoms with Gasteiger partial charge in [0.15, 0.2) is 0 Å². The predicted octanol–water partition coefficient (Wildman–Crippen LogP) is 2.82. The average molecular weight is 381 g/mol. The van der Waals surface area contributed by atoms with E-state index < -0.39 is 41.6 Å². The van der Waals surface area contributed by atoms with Crippen LogP contribution in [0.1, 0.15) is 52.0 Å². The first-order chi connectivity index (χ1) is 12.7. The molecule has 0 unspecified atom stereocenters. The van der Waals surface area contributed by atoms with Gasteiger partial charge in [0.25, 0.3) is 5.91 Å². The Morgan fingerprint density at radius 3 is 2.67 bits per heavy atom. The van der Waals surface area contributed by atoms with Crippen molar-refractivity contribution in [2.24, 2.45) is 0 Å².